The Morgan fingerprint density at radius 3 is 2.50 bits per heavy atom. The first-order valence-electron chi connectivity index (χ1n) is 7.66. The van der Waals surface area contributed by atoms with Crippen LogP contribution in [0.5, 0.6) is 0 Å². The standard InChI is InChI=1S/C15H27BrN4/c1-5-12-14(16)13(20(6-2)18-12)10-17-11-15(19(3)4)8-7-9-15/h17H,5-11H2,1-4H3. The predicted octanol–water partition coefficient (Wildman–Crippen LogP) is 2.80. The van der Waals surface area contributed by atoms with Crippen LogP contribution in [0.25, 0.3) is 0 Å². The number of halogens is 1. The van der Waals surface area contributed by atoms with Crippen molar-refractivity contribution in [3.05, 3.63) is 15.9 Å². The first-order chi connectivity index (χ1) is 9.54. The summed E-state index contributed by atoms with van der Waals surface area (Å²) in [6.45, 7) is 7.17. The lowest BCUT2D eigenvalue weighted by molar-refractivity contribution is 0.0596. The molecule has 1 aromatic rings. The average molecular weight is 343 g/mol. The number of aromatic nitrogens is 2. The van der Waals surface area contributed by atoms with E-state index in [9.17, 15) is 0 Å². The number of nitrogens with one attached hydrogen (secondary N) is 1. The molecule has 1 aliphatic rings. The molecular formula is C15H27BrN4. The third kappa shape index (κ3) is 2.95. The molecule has 0 radical (unpaired) electrons. The van der Waals surface area contributed by atoms with Gasteiger partial charge in [-0.25, -0.2) is 0 Å². The van der Waals surface area contributed by atoms with Crippen molar-refractivity contribution in [1.82, 2.24) is 20.0 Å². The Labute approximate surface area is 131 Å². The fourth-order valence-corrected chi connectivity index (χ4v) is 3.67. The summed E-state index contributed by atoms with van der Waals surface area (Å²) in [5.41, 5.74) is 2.81. The van der Waals surface area contributed by atoms with Crippen LogP contribution in [0.3, 0.4) is 0 Å². The van der Waals surface area contributed by atoms with Crippen molar-refractivity contribution in [3.63, 3.8) is 0 Å². The van der Waals surface area contributed by atoms with Crippen LogP contribution in [0, 0.1) is 0 Å². The van der Waals surface area contributed by atoms with E-state index in [0.717, 1.165) is 31.7 Å². The predicted molar refractivity (Wildman–Crippen MR) is 87.0 cm³/mol. The maximum Gasteiger partial charge on any atom is 0.0767 e. The Bertz CT molecular complexity index is 449. The van der Waals surface area contributed by atoms with Crippen LogP contribution < -0.4 is 5.32 Å². The van der Waals surface area contributed by atoms with Gasteiger partial charge in [0.05, 0.1) is 15.9 Å². The molecule has 0 bridgehead atoms. The van der Waals surface area contributed by atoms with Crippen LogP contribution in [0.1, 0.15) is 44.5 Å². The molecule has 0 aliphatic heterocycles. The van der Waals surface area contributed by atoms with Crippen molar-refractivity contribution in [1.29, 1.82) is 0 Å². The van der Waals surface area contributed by atoms with E-state index < -0.39 is 0 Å². The minimum atomic E-state index is 0.372. The van der Waals surface area contributed by atoms with E-state index in [1.165, 1.54) is 29.4 Å². The number of nitrogens with zero attached hydrogens (tertiary/aromatic N) is 3. The first kappa shape index (κ1) is 16.0. The van der Waals surface area contributed by atoms with E-state index in [2.05, 4.69) is 63.9 Å². The summed E-state index contributed by atoms with van der Waals surface area (Å²) < 4.78 is 3.29. The number of hydrogen-bond donors (Lipinski definition) is 1. The minimum Gasteiger partial charge on any atom is -0.309 e. The Morgan fingerprint density at radius 1 is 1.35 bits per heavy atom. The highest BCUT2D eigenvalue weighted by Crippen LogP contribution is 2.35. The number of rotatable bonds is 7. The molecule has 1 aliphatic carbocycles. The van der Waals surface area contributed by atoms with Crippen LogP contribution >= 0.6 is 15.9 Å². The van der Waals surface area contributed by atoms with Gasteiger partial charge in [-0.1, -0.05) is 6.92 Å². The van der Waals surface area contributed by atoms with Gasteiger partial charge in [0.25, 0.3) is 0 Å². The molecule has 1 fully saturated rings. The molecule has 1 aromatic heterocycles. The Kier molecular flexibility index (Phi) is 5.26. The second-order valence-electron chi connectivity index (χ2n) is 5.95. The van der Waals surface area contributed by atoms with E-state index in [1.807, 2.05) is 0 Å². The lowest BCUT2D eigenvalue weighted by atomic mass is 9.75. The average Bonchev–Trinajstić information content (AvgIpc) is 2.68. The quantitative estimate of drug-likeness (QED) is 0.827. The second-order valence-corrected chi connectivity index (χ2v) is 6.75. The molecule has 114 valence electrons. The van der Waals surface area contributed by atoms with E-state index in [1.54, 1.807) is 0 Å². The van der Waals surface area contributed by atoms with Gasteiger partial charge in [-0.2, -0.15) is 5.10 Å². The molecule has 2 rings (SSSR count). The Morgan fingerprint density at radius 2 is 2.05 bits per heavy atom. The highest BCUT2D eigenvalue weighted by atomic mass is 79.9. The molecule has 0 aromatic carbocycles. The molecule has 5 heteroatoms. The molecule has 1 saturated carbocycles. The summed E-state index contributed by atoms with van der Waals surface area (Å²) in [5, 5.41) is 8.30. The van der Waals surface area contributed by atoms with Crippen LogP contribution in [-0.4, -0.2) is 40.9 Å². The van der Waals surface area contributed by atoms with Crippen molar-refractivity contribution in [2.45, 2.75) is 58.2 Å². The number of aryl methyl sites for hydroxylation is 2. The maximum atomic E-state index is 4.65. The highest BCUT2D eigenvalue weighted by molar-refractivity contribution is 9.10. The highest BCUT2D eigenvalue weighted by Gasteiger charge is 2.38. The molecule has 1 N–H and O–H groups in total. The van der Waals surface area contributed by atoms with Gasteiger partial charge in [0.15, 0.2) is 0 Å². The first-order valence-corrected chi connectivity index (χ1v) is 8.45. The summed E-state index contributed by atoms with van der Waals surface area (Å²) in [4.78, 5) is 2.38. The summed E-state index contributed by atoms with van der Waals surface area (Å²) in [5.74, 6) is 0. The normalized spacial score (nSPS) is 17.5. The Balaban J connectivity index is 1.99. The summed E-state index contributed by atoms with van der Waals surface area (Å²) >= 11 is 3.71. The third-order valence-corrected chi connectivity index (χ3v) is 5.59. The zero-order chi connectivity index (χ0) is 14.8. The lowest BCUT2D eigenvalue weighted by Crippen LogP contribution is -2.56. The topological polar surface area (TPSA) is 33.1 Å². The van der Waals surface area contributed by atoms with E-state index in [0.29, 0.717) is 5.54 Å². The number of likely N-dealkylation sites (N-methyl/N-ethyl adjacent to an activating group) is 1. The van der Waals surface area contributed by atoms with Gasteiger partial charge in [-0.15, -0.1) is 0 Å². The van der Waals surface area contributed by atoms with Crippen LogP contribution in [0.4, 0.5) is 0 Å². The summed E-state index contributed by atoms with van der Waals surface area (Å²) in [6, 6.07) is 0. The zero-order valence-corrected chi connectivity index (χ0v) is 14.8. The lowest BCUT2D eigenvalue weighted by Gasteiger charge is -2.47. The van der Waals surface area contributed by atoms with Gasteiger partial charge >= 0.3 is 0 Å². The molecule has 20 heavy (non-hydrogen) atoms. The third-order valence-electron chi connectivity index (χ3n) is 4.67. The monoisotopic (exact) mass is 342 g/mol. The van der Waals surface area contributed by atoms with Crippen LogP contribution in [-0.2, 0) is 19.5 Å². The fraction of sp³-hybridized carbons (Fsp3) is 0.800. The molecule has 0 spiro atoms. The SMILES string of the molecule is CCc1nn(CC)c(CNCC2(N(C)C)CCC2)c1Br. The zero-order valence-electron chi connectivity index (χ0n) is 13.2. The summed E-state index contributed by atoms with van der Waals surface area (Å²) in [7, 11) is 4.39. The summed E-state index contributed by atoms with van der Waals surface area (Å²) in [6.07, 6.45) is 4.95. The molecule has 0 atom stereocenters. The van der Waals surface area contributed by atoms with Gasteiger partial charge in [-0.05, 0) is 62.6 Å². The van der Waals surface area contributed by atoms with E-state index >= 15 is 0 Å². The largest absolute Gasteiger partial charge is 0.309 e. The maximum absolute atomic E-state index is 4.65. The Hall–Kier alpha value is -0.390. The van der Waals surface area contributed by atoms with Crippen LogP contribution in [0.2, 0.25) is 0 Å². The van der Waals surface area contributed by atoms with Gasteiger partial charge in [0.1, 0.15) is 0 Å². The molecule has 0 saturated heterocycles. The van der Waals surface area contributed by atoms with Crippen LogP contribution in [0.15, 0.2) is 4.47 Å². The van der Waals surface area contributed by atoms with E-state index in [4.69, 9.17) is 0 Å². The van der Waals surface area contributed by atoms with Crippen molar-refractivity contribution in [2.75, 3.05) is 20.6 Å². The van der Waals surface area contributed by atoms with Gasteiger partial charge in [-0.3, -0.25) is 4.68 Å². The molecular weight excluding hydrogens is 316 g/mol. The van der Waals surface area contributed by atoms with Gasteiger partial charge in [0, 0.05) is 25.2 Å². The molecule has 4 nitrogen and oxygen atoms in total. The smallest absolute Gasteiger partial charge is 0.0767 e. The van der Waals surface area contributed by atoms with Gasteiger partial charge < -0.3 is 10.2 Å². The minimum absolute atomic E-state index is 0.372. The van der Waals surface area contributed by atoms with Gasteiger partial charge in [0.2, 0.25) is 0 Å². The van der Waals surface area contributed by atoms with E-state index in [-0.39, 0.29) is 0 Å². The number of hydrogen-bond acceptors (Lipinski definition) is 3. The van der Waals surface area contributed by atoms with Crippen molar-refractivity contribution >= 4 is 15.9 Å². The van der Waals surface area contributed by atoms with Crippen molar-refractivity contribution in [3.8, 4) is 0 Å². The molecule has 1 heterocycles. The van der Waals surface area contributed by atoms with Crippen molar-refractivity contribution < 1.29 is 0 Å². The fourth-order valence-electron chi connectivity index (χ4n) is 2.97. The second kappa shape index (κ2) is 6.58. The van der Waals surface area contributed by atoms with Crippen molar-refractivity contribution in [2.24, 2.45) is 0 Å². The molecule has 0 amide bonds. The molecule has 0 unspecified atom stereocenters.